The number of ether oxygens (including phenoxy) is 1. The van der Waals surface area contributed by atoms with Crippen LogP contribution in [0, 0.1) is 6.92 Å². The van der Waals surface area contributed by atoms with E-state index in [2.05, 4.69) is 5.10 Å². The fourth-order valence-corrected chi connectivity index (χ4v) is 2.69. The molecule has 0 amide bonds. The lowest BCUT2D eigenvalue weighted by molar-refractivity contribution is 0.0600. The molecule has 1 aromatic carbocycles. The molecule has 0 atom stereocenters. The van der Waals surface area contributed by atoms with E-state index in [1.165, 1.54) is 26.4 Å². The number of carbonyl (C=O) groups excluding carboxylic acids is 1. The van der Waals surface area contributed by atoms with Crippen LogP contribution in [-0.2, 0) is 14.8 Å². The molecular weight excluding hydrogens is 306 g/mol. The number of nitrogens with two attached hydrogens (primary N) is 1. The van der Waals surface area contributed by atoms with E-state index in [-0.39, 0.29) is 5.75 Å². The summed E-state index contributed by atoms with van der Waals surface area (Å²) in [6.45, 7) is 3.26. The lowest BCUT2D eigenvalue weighted by Crippen LogP contribution is -2.14. The molecule has 0 aliphatic rings. The van der Waals surface area contributed by atoms with Gasteiger partial charge in [0.2, 0.25) is 0 Å². The average molecular weight is 323 g/mol. The maximum Gasteiger partial charge on any atom is 0.338 e. The summed E-state index contributed by atoms with van der Waals surface area (Å²) >= 11 is 0. The molecule has 0 bridgehead atoms. The Labute approximate surface area is 128 Å². The largest absolute Gasteiger partial charge is 0.465 e. The highest BCUT2D eigenvalue weighted by Crippen LogP contribution is 2.27. The minimum absolute atomic E-state index is 0.0580. The van der Waals surface area contributed by atoms with Gasteiger partial charge in [0.05, 0.1) is 30.8 Å². The molecule has 0 saturated carbocycles. The smallest absolute Gasteiger partial charge is 0.338 e. The third-order valence-corrected chi connectivity index (χ3v) is 4.90. The van der Waals surface area contributed by atoms with Crippen LogP contribution >= 0.6 is 0 Å². The van der Waals surface area contributed by atoms with Crippen LogP contribution in [0.3, 0.4) is 0 Å². The second-order valence-electron chi connectivity index (χ2n) is 4.73. The molecule has 22 heavy (non-hydrogen) atoms. The first-order chi connectivity index (χ1) is 10.3. The third kappa shape index (κ3) is 2.82. The number of nitrogens with zero attached hydrogens (tertiary/aromatic N) is 2. The van der Waals surface area contributed by atoms with Crippen LogP contribution in [0.5, 0.6) is 0 Å². The summed E-state index contributed by atoms with van der Waals surface area (Å²) in [5, 5.41) is 3.85. The number of nitrogen functional groups attached to an aromatic ring is 1. The predicted molar refractivity (Wildman–Crippen MR) is 83.0 cm³/mol. The summed E-state index contributed by atoms with van der Waals surface area (Å²) in [5.74, 6) is -0.558. The molecule has 2 rings (SSSR count). The summed E-state index contributed by atoms with van der Waals surface area (Å²) in [4.78, 5) is 11.8. The molecule has 0 radical (unpaired) electrons. The van der Waals surface area contributed by atoms with Crippen LogP contribution in [0.2, 0.25) is 0 Å². The highest BCUT2D eigenvalue weighted by Gasteiger charge is 2.16. The van der Waals surface area contributed by atoms with Crippen molar-refractivity contribution in [3.63, 3.8) is 0 Å². The van der Waals surface area contributed by atoms with Gasteiger partial charge in [0.15, 0.2) is 0 Å². The lowest BCUT2D eigenvalue weighted by Gasteiger charge is -2.09. The third-order valence-electron chi connectivity index (χ3n) is 3.40. The van der Waals surface area contributed by atoms with Crippen LogP contribution in [0.4, 0.5) is 5.69 Å². The molecule has 0 saturated heterocycles. The molecule has 2 N–H and O–H groups in total. The Morgan fingerprint density at radius 1 is 1.36 bits per heavy atom. The monoisotopic (exact) mass is 323 g/mol. The van der Waals surface area contributed by atoms with Gasteiger partial charge in [0.25, 0.3) is 10.0 Å². The van der Waals surface area contributed by atoms with Gasteiger partial charge in [-0.3, -0.25) is 0 Å². The van der Waals surface area contributed by atoms with Crippen molar-refractivity contribution in [2.45, 2.75) is 13.8 Å². The minimum atomic E-state index is -3.45. The highest BCUT2D eigenvalue weighted by molar-refractivity contribution is 7.89. The molecule has 0 unspecified atom stereocenters. The Morgan fingerprint density at radius 2 is 2.05 bits per heavy atom. The topological polar surface area (TPSA) is 104 Å². The zero-order chi connectivity index (χ0) is 16.5. The van der Waals surface area contributed by atoms with E-state index in [1.807, 2.05) is 0 Å². The summed E-state index contributed by atoms with van der Waals surface area (Å²) in [5.41, 5.74) is 8.44. The predicted octanol–water partition coefficient (Wildman–Crippen LogP) is 1.43. The molecule has 0 aliphatic carbocycles. The van der Waals surface area contributed by atoms with E-state index < -0.39 is 16.0 Å². The van der Waals surface area contributed by atoms with Gasteiger partial charge in [-0.15, -0.1) is 0 Å². The number of methoxy groups -OCH3 is 1. The van der Waals surface area contributed by atoms with E-state index in [0.29, 0.717) is 27.9 Å². The average Bonchev–Trinajstić information content (AvgIpc) is 2.99. The van der Waals surface area contributed by atoms with Crippen molar-refractivity contribution in [3.8, 4) is 11.1 Å². The van der Waals surface area contributed by atoms with Crippen molar-refractivity contribution in [1.82, 2.24) is 9.19 Å². The molecule has 0 fully saturated rings. The molecule has 1 aromatic heterocycles. The fraction of sp³-hybridized carbons (Fsp3) is 0.286. The van der Waals surface area contributed by atoms with Gasteiger partial charge in [0.1, 0.15) is 0 Å². The quantitative estimate of drug-likeness (QED) is 0.674. The Morgan fingerprint density at radius 3 is 2.64 bits per heavy atom. The normalized spacial score (nSPS) is 11.4. The number of rotatable bonds is 4. The van der Waals surface area contributed by atoms with Gasteiger partial charge >= 0.3 is 5.97 Å². The van der Waals surface area contributed by atoms with Crippen LogP contribution in [0.15, 0.2) is 24.5 Å². The van der Waals surface area contributed by atoms with E-state index >= 15 is 0 Å². The Balaban J connectivity index is 2.55. The van der Waals surface area contributed by atoms with E-state index in [0.717, 1.165) is 4.09 Å². The summed E-state index contributed by atoms with van der Waals surface area (Å²) in [7, 11) is -2.16. The number of esters is 1. The number of hydrogen-bond acceptors (Lipinski definition) is 6. The summed E-state index contributed by atoms with van der Waals surface area (Å²) < 4.78 is 29.2. The highest BCUT2D eigenvalue weighted by atomic mass is 32.2. The standard InChI is InChI=1S/C14H17N3O4S/c1-4-22(19,20)17-8-11(7-16-17)10-5-12(14(18)21-3)9(2)13(15)6-10/h5-8H,4,15H2,1-3H3. The Bertz CT molecular complexity index is 825. The van der Waals surface area contributed by atoms with Gasteiger partial charge in [-0.1, -0.05) is 0 Å². The fourth-order valence-electron chi connectivity index (χ4n) is 1.96. The van der Waals surface area contributed by atoms with Gasteiger partial charge < -0.3 is 10.5 Å². The Kier molecular flexibility index (Phi) is 4.23. The van der Waals surface area contributed by atoms with Crippen LogP contribution in [0.1, 0.15) is 22.8 Å². The van der Waals surface area contributed by atoms with Crippen LogP contribution in [-0.4, -0.2) is 36.4 Å². The second-order valence-corrected chi connectivity index (χ2v) is 6.85. The first kappa shape index (κ1) is 16.0. The summed E-state index contributed by atoms with van der Waals surface area (Å²) in [6, 6.07) is 3.28. The molecule has 118 valence electrons. The van der Waals surface area contributed by atoms with Gasteiger partial charge in [-0.25, -0.2) is 13.2 Å². The molecule has 0 spiro atoms. The number of carbonyl (C=O) groups is 1. The van der Waals surface area contributed by atoms with Crippen molar-refractivity contribution in [3.05, 3.63) is 35.7 Å². The number of anilines is 1. The number of aromatic nitrogens is 2. The van der Waals surface area contributed by atoms with Gasteiger partial charge in [-0.05, 0) is 37.1 Å². The minimum Gasteiger partial charge on any atom is -0.465 e. The second kappa shape index (κ2) is 5.80. The molecule has 7 nitrogen and oxygen atoms in total. The zero-order valence-corrected chi connectivity index (χ0v) is 13.3. The van der Waals surface area contributed by atoms with E-state index in [9.17, 15) is 13.2 Å². The maximum atomic E-state index is 11.8. The molecule has 8 heteroatoms. The van der Waals surface area contributed by atoms with E-state index in [1.54, 1.807) is 19.1 Å². The SMILES string of the molecule is CCS(=O)(=O)n1cc(-c2cc(N)c(C)c(C(=O)OC)c2)cn1. The van der Waals surface area contributed by atoms with E-state index in [4.69, 9.17) is 10.5 Å². The van der Waals surface area contributed by atoms with Crippen molar-refractivity contribution >= 4 is 21.7 Å². The van der Waals surface area contributed by atoms with Crippen molar-refractivity contribution < 1.29 is 17.9 Å². The zero-order valence-electron chi connectivity index (χ0n) is 12.5. The molecule has 0 aliphatic heterocycles. The Hall–Kier alpha value is -2.35. The molecular formula is C14H17N3O4S. The molecule has 1 heterocycles. The molecule has 2 aromatic rings. The summed E-state index contributed by atoms with van der Waals surface area (Å²) in [6.07, 6.45) is 2.81. The number of benzene rings is 1. The van der Waals surface area contributed by atoms with Gasteiger partial charge in [0, 0.05) is 11.3 Å². The first-order valence-corrected chi connectivity index (χ1v) is 8.17. The van der Waals surface area contributed by atoms with Crippen molar-refractivity contribution in [1.29, 1.82) is 0 Å². The lowest BCUT2D eigenvalue weighted by atomic mass is 10.00. The maximum absolute atomic E-state index is 11.8. The van der Waals surface area contributed by atoms with Crippen molar-refractivity contribution in [2.24, 2.45) is 0 Å². The van der Waals surface area contributed by atoms with Crippen LogP contribution in [0.25, 0.3) is 11.1 Å². The van der Waals surface area contributed by atoms with Gasteiger partial charge in [-0.2, -0.15) is 9.19 Å². The van der Waals surface area contributed by atoms with Crippen LogP contribution < -0.4 is 5.73 Å². The van der Waals surface area contributed by atoms with Crippen molar-refractivity contribution in [2.75, 3.05) is 18.6 Å². The number of hydrogen-bond donors (Lipinski definition) is 1. The first-order valence-electron chi connectivity index (χ1n) is 6.57.